The summed E-state index contributed by atoms with van der Waals surface area (Å²) in [6, 6.07) is 0. The Hall–Kier alpha value is -1.33. The van der Waals surface area contributed by atoms with Gasteiger partial charge in [-0.15, -0.1) is 6.58 Å². The Morgan fingerprint density at radius 2 is 2.19 bits per heavy atom. The molecule has 1 aromatic rings. The monoisotopic (exact) mass is 311 g/mol. The molecule has 1 aromatic heterocycles. The van der Waals surface area contributed by atoms with Gasteiger partial charge in [0.25, 0.3) is 5.56 Å². The maximum atomic E-state index is 12.0. The highest BCUT2D eigenvalue weighted by atomic mass is 35.5. The van der Waals surface area contributed by atoms with Crippen LogP contribution in [0.3, 0.4) is 0 Å². The van der Waals surface area contributed by atoms with Gasteiger partial charge < -0.3 is 10.4 Å². The number of hydrogen-bond donors (Lipinski definition) is 2. The lowest BCUT2D eigenvalue weighted by Crippen LogP contribution is -2.30. The summed E-state index contributed by atoms with van der Waals surface area (Å²) >= 11 is 6.10. The number of aliphatic hydroxyl groups excluding tert-OH is 1. The Labute approximate surface area is 129 Å². The van der Waals surface area contributed by atoms with Crippen LogP contribution in [0.2, 0.25) is 5.02 Å². The molecule has 5 nitrogen and oxygen atoms in total. The van der Waals surface area contributed by atoms with Crippen LogP contribution >= 0.6 is 11.6 Å². The van der Waals surface area contributed by atoms with Crippen LogP contribution in [-0.2, 0) is 6.54 Å². The zero-order valence-corrected chi connectivity index (χ0v) is 12.9. The number of nitrogens with one attached hydrogen (secondary N) is 1. The second-order valence-electron chi connectivity index (χ2n) is 5.52. The molecule has 0 saturated heterocycles. The predicted molar refractivity (Wildman–Crippen MR) is 84.7 cm³/mol. The summed E-state index contributed by atoms with van der Waals surface area (Å²) in [6.45, 7) is 4.85. The zero-order valence-electron chi connectivity index (χ0n) is 12.1. The van der Waals surface area contributed by atoms with Gasteiger partial charge in [0.15, 0.2) is 0 Å². The van der Waals surface area contributed by atoms with Crippen molar-refractivity contribution in [2.45, 2.75) is 32.2 Å². The summed E-state index contributed by atoms with van der Waals surface area (Å²) < 4.78 is 1.28. The van der Waals surface area contributed by atoms with E-state index in [1.807, 2.05) is 0 Å². The summed E-state index contributed by atoms with van der Waals surface area (Å²) in [5, 5.41) is 16.9. The van der Waals surface area contributed by atoms with Gasteiger partial charge in [0.1, 0.15) is 5.02 Å². The smallest absolute Gasteiger partial charge is 0.287 e. The summed E-state index contributed by atoms with van der Waals surface area (Å²) in [6.07, 6.45) is 7.71. The first-order valence-corrected chi connectivity index (χ1v) is 7.76. The molecule has 2 rings (SSSR count). The number of halogens is 1. The highest BCUT2D eigenvalue weighted by molar-refractivity contribution is 6.32. The van der Waals surface area contributed by atoms with E-state index in [1.54, 1.807) is 12.3 Å². The molecule has 1 fully saturated rings. The molecule has 0 aromatic carbocycles. The number of rotatable bonds is 6. The predicted octanol–water partition coefficient (Wildman–Crippen LogP) is 2.29. The van der Waals surface area contributed by atoms with E-state index >= 15 is 0 Å². The average Bonchev–Trinajstić information content (AvgIpc) is 2.51. The number of aliphatic hydroxyl groups is 1. The van der Waals surface area contributed by atoms with Gasteiger partial charge in [-0.2, -0.15) is 5.10 Å². The number of allylic oxidation sites excluding steroid dienone is 1. The van der Waals surface area contributed by atoms with Crippen LogP contribution < -0.4 is 10.9 Å². The van der Waals surface area contributed by atoms with Crippen LogP contribution in [0.15, 0.2) is 23.6 Å². The Balaban J connectivity index is 2.04. The Kier molecular flexibility index (Phi) is 5.82. The van der Waals surface area contributed by atoms with E-state index in [2.05, 4.69) is 17.0 Å². The lowest BCUT2D eigenvalue weighted by Gasteiger charge is -2.30. The Bertz CT molecular complexity index is 544. The van der Waals surface area contributed by atoms with Crippen LogP contribution in [0.1, 0.15) is 25.7 Å². The fourth-order valence-electron chi connectivity index (χ4n) is 2.88. The lowest BCUT2D eigenvalue weighted by atomic mass is 9.79. The summed E-state index contributed by atoms with van der Waals surface area (Å²) in [5.74, 6) is 0.745. The molecule has 1 aliphatic carbocycles. The molecule has 2 atom stereocenters. The van der Waals surface area contributed by atoms with E-state index in [0.29, 0.717) is 30.6 Å². The molecule has 1 aliphatic rings. The van der Waals surface area contributed by atoms with Gasteiger partial charge in [-0.1, -0.05) is 30.5 Å². The third kappa shape index (κ3) is 3.86. The van der Waals surface area contributed by atoms with E-state index < -0.39 is 0 Å². The van der Waals surface area contributed by atoms with Crippen LogP contribution in [0.4, 0.5) is 5.69 Å². The number of nitrogens with zero attached hydrogens (tertiary/aromatic N) is 2. The van der Waals surface area contributed by atoms with E-state index in [9.17, 15) is 9.90 Å². The molecule has 1 saturated carbocycles. The Morgan fingerprint density at radius 1 is 1.48 bits per heavy atom. The van der Waals surface area contributed by atoms with Crippen molar-refractivity contribution in [2.24, 2.45) is 11.8 Å². The van der Waals surface area contributed by atoms with E-state index in [-0.39, 0.29) is 17.2 Å². The molecule has 0 radical (unpaired) electrons. The third-order valence-corrected chi connectivity index (χ3v) is 4.51. The molecule has 6 heteroatoms. The second kappa shape index (κ2) is 7.61. The second-order valence-corrected chi connectivity index (χ2v) is 5.89. The minimum atomic E-state index is -0.316. The van der Waals surface area contributed by atoms with Gasteiger partial charge in [-0.3, -0.25) is 4.79 Å². The lowest BCUT2D eigenvalue weighted by molar-refractivity contribution is 0.141. The minimum absolute atomic E-state index is 0.156. The molecular formula is C15H22ClN3O2. The van der Waals surface area contributed by atoms with E-state index in [4.69, 9.17) is 11.6 Å². The first-order chi connectivity index (χ1) is 10.2. The van der Waals surface area contributed by atoms with Crippen molar-refractivity contribution in [3.8, 4) is 0 Å². The van der Waals surface area contributed by atoms with E-state index in [0.717, 1.165) is 12.8 Å². The Morgan fingerprint density at radius 3 is 2.86 bits per heavy atom. The minimum Gasteiger partial charge on any atom is -0.396 e. The highest BCUT2D eigenvalue weighted by Gasteiger charge is 2.24. The quantitative estimate of drug-likeness (QED) is 0.791. The molecule has 2 N–H and O–H groups in total. The number of aromatic nitrogens is 2. The van der Waals surface area contributed by atoms with Crippen LogP contribution in [0.25, 0.3) is 0 Å². The van der Waals surface area contributed by atoms with E-state index in [1.165, 1.54) is 17.5 Å². The normalized spacial score (nSPS) is 22.0. The fraction of sp³-hybridized carbons (Fsp3) is 0.600. The highest BCUT2D eigenvalue weighted by Crippen LogP contribution is 2.30. The molecule has 116 valence electrons. The molecule has 1 heterocycles. The molecular weight excluding hydrogens is 290 g/mol. The van der Waals surface area contributed by atoms with Gasteiger partial charge in [0, 0.05) is 13.2 Å². The topological polar surface area (TPSA) is 67.2 Å². The van der Waals surface area contributed by atoms with Crippen molar-refractivity contribution in [3.05, 3.63) is 34.2 Å². The maximum Gasteiger partial charge on any atom is 0.287 e. The van der Waals surface area contributed by atoms with Gasteiger partial charge in [-0.25, -0.2) is 4.68 Å². The molecule has 0 aliphatic heterocycles. The van der Waals surface area contributed by atoms with Crippen LogP contribution in [0.5, 0.6) is 0 Å². The zero-order chi connectivity index (χ0) is 15.2. The first-order valence-electron chi connectivity index (χ1n) is 7.38. The van der Waals surface area contributed by atoms with Gasteiger partial charge in [-0.05, 0) is 24.7 Å². The third-order valence-electron chi connectivity index (χ3n) is 4.14. The molecule has 0 amide bonds. The van der Waals surface area contributed by atoms with Crippen molar-refractivity contribution in [3.63, 3.8) is 0 Å². The number of anilines is 1. The SMILES string of the molecule is C=CCn1ncc(NCC2CCCCC2CO)c(Cl)c1=O. The van der Waals surface area contributed by atoms with Crippen molar-refractivity contribution < 1.29 is 5.11 Å². The van der Waals surface area contributed by atoms with Gasteiger partial charge >= 0.3 is 0 Å². The van der Waals surface area contributed by atoms with Crippen molar-refractivity contribution in [1.29, 1.82) is 0 Å². The maximum absolute atomic E-state index is 12.0. The molecule has 0 spiro atoms. The largest absolute Gasteiger partial charge is 0.396 e. The van der Waals surface area contributed by atoms with Crippen molar-refractivity contribution in [1.82, 2.24) is 9.78 Å². The van der Waals surface area contributed by atoms with Gasteiger partial charge in [0.2, 0.25) is 0 Å². The molecule has 0 bridgehead atoms. The molecule has 21 heavy (non-hydrogen) atoms. The van der Waals surface area contributed by atoms with Crippen molar-refractivity contribution in [2.75, 3.05) is 18.5 Å². The van der Waals surface area contributed by atoms with Crippen LogP contribution in [0, 0.1) is 11.8 Å². The molecule has 2 unspecified atom stereocenters. The van der Waals surface area contributed by atoms with Crippen LogP contribution in [-0.4, -0.2) is 28.0 Å². The summed E-state index contributed by atoms with van der Waals surface area (Å²) in [4.78, 5) is 12.0. The standard InChI is InChI=1S/C15H22ClN3O2/c1-2-7-19-15(21)14(16)13(9-18-19)17-8-11-5-3-4-6-12(11)10-20/h2,9,11-12,17,20H,1,3-8,10H2. The fourth-order valence-corrected chi connectivity index (χ4v) is 3.09. The number of hydrogen-bond acceptors (Lipinski definition) is 4. The average molecular weight is 312 g/mol. The van der Waals surface area contributed by atoms with Gasteiger partial charge in [0.05, 0.1) is 18.4 Å². The summed E-state index contributed by atoms with van der Waals surface area (Å²) in [7, 11) is 0. The first kappa shape index (κ1) is 16.0. The van der Waals surface area contributed by atoms with Crippen molar-refractivity contribution >= 4 is 17.3 Å². The summed E-state index contributed by atoms with van der Waals surface area (Å²) in [5.41, 5.74) is 0.244.